The Labute approximate surface area is 547 Å². The molecule has 0 aromatic rings. The monoisotopic (exact) mass is 1280 g/mol. The fourth-order valence-corrected chi connectivity index (χ4v) is 10.9. The maximum atomic E-state index is 13.3. The minimum Gasteiger partial charge on any atom is -0.461 e. The fraction of sp³-hybridized carbons (Fsp3) is 0.836. The summed E-state index contributed by atoms with van der Waals surface area (Å²) in [6.07, 6.45) is 37.5. The first-order valence-electron chi connectivity index (χ1n) is 35.8. The number of aliphatic hydroxyl groups is 3. The van der Waals surface area contributed by atoms with Crippen LogP contribution >= 0.6 is 0 Å². The second kappa shape index (κ2) is 56.4. The zero-order chi connectivity index (χ0) is 67.1. The number of hydrogen-bond donors (Lipinski definition) is 3. The molecule has 0 saturated heterocycles. The van der Waals surface area contributed by atoms with Gasteiger partial charge in [-0.2, -0.15) is 0 Å². The van der Waals surface area contributed by atoms with Crippen molar-refractivity contribution in [2.45, 2.75) is 328 Å². The van der Waals surface area contributed by atoms with E-state index in [1.165, 1.54) is 116 Å². The number of rotatable bonds is 61. The van der Waals surface area contributed by atoms with Gasteiger partial charge in [-0.25, -0.2) is 9.59 Å². The maximum Gasteiger partial charge on any atom is 0.362 e. The van der Waals surface area contributed by atoms with Gasteiger partial charge in [0.25, 0.3) is 0 Å². The van der Waals surface area contributed by atoms with Gasteiger partial charge in [-0.3, -0.25) is 19.2 Å². The lowest BCUT2D eigenvalue weighted by molar-refractivity contribution is -0.883. The SMILES string of the molecule is CCCCCCCCCCCC[N+](C)(C)CC(=O)OC(CCCCC)C(O)CC=CCC(=O)OCC(COC(=O)CC=CCC(O)C(CCCCC)OC(C)=O)OC(=O)CC=CCC(O)C(CCCCC)OC(=O)C[N+](C)(C)CCCCCCCCCCCC. The number of hydrogen-bond acceptors (Lipinski definition) is 15. The molecule has 0 rings (SSSR count). The lowest BCUT2D eigenvalue weighted by atomic mass is 10.0. The van der Waals surface area contributed by atoms with E-state index < -0.39 is 79.8 Å². The van der Waals surface area contributed by atoms with Crippen LogP contribution in [0.2, 0.25) is 0 Å². The highest BCUT2D eigenvalue weighted by molar-refractivity contribution is 5.73. The summed E-state index contributed by atoms with van der Waals surface area (Å²) in [5, 5.41) is 33.3. The van der Waals surface area contributed by atoms with Gasteiger partial charge in [-0.15, -0.1) is 0 Å². The molecule has 0 aliphatic carbocycles. The number of quaternary nitrogens is 2. The van der Waals surface area contributed by atoms with Crippen LogP contribution in [-0.4, -0.2) is 170 Å². The summed E-state index contributed by atoms with van der Waals surface area (Å²) in [6.45, 7) is 13.2. The third-order valence-corrected chi connectivity index (χ3v) is 16.4. The number of likely N-dealkylation sites (N-methyl/N-ethyl adjacent to an activating group) is 2. The van der Waals surface area contributed by atoms with E-state index >= 15 is 0 Å². The van der Waals surface area contributed by atoms with Crippen LogP contribution in [0.1, 0.15) is 286 Å². The third kappa shape index (κ3) is 51.4. The molecular weight excluding hydrogens is 1140 g/mol. The highest BCUT2D eigenvalue weighted by Crippen LogP contribution is 2.20. The van der Waals surface area contributed by atoms with Crippen molar-refractivity contribution < 1.29 is 81.5 Å². The van der Waals surface area contributed by atoms with Crippen molar-refractivity contribution >= 4 is 35.8 Å². The number of carbonyl (C=O) groups is 6. The van der Waals surface area contributed by atoms with E-state index in [1.54, 1.807) is 30.4 Å². The summed E-state index contributed by atoms with van der Waals surface area (Å²) in [5.41, 5.74) is 0. The van der Waals surface area contributed by atoms with Gasteiger partial charge in [0.15, 0.2) is 19.2 Å². The topological polar surface area (TPSA) is 218 Å². The molecule has 0 aliphatic heterocycles. The Morgan fingerprint density at radius 2 is 0.622 bits per heavy atom. The average Bonchev–Trinajstić information content (AvgIpc) is 3.37. The molecule has 0 aromatic carbocycles. The number of ether oxygens (including phenoxy) is 6. The molecule has 0 amide bonds. The first-order valence-corrected chi connectivity index (χ1v) is 35.8. The number of nitrogens with zero attached hydrogens (tertiary/aromatic N) is 2. The van der Waals surface area contributed by atoms with Gasteiger partial charge >= 0.3 is 35.8 Å². The molecule has 7 atom stereocenters. The van der Waals surface area contributed by atoms with Crippen molar-refractivity contribution in [2.24, 2.45) is 0 Å². The molecule has 0 fully saturated rings. The van der Waals surface area contributed by atoms with Crippen LogP contribution in [0.4, 0.5) is 0 Å². The van der Waals surface area contributed by atoms with E-state index in [0.29, 0.717) is 28.2 Å². The molecule has 0 radical (unpaired) electrons. The smallest absolute Gasteiger partial charge is 0.362 e. The van der Waals surface area contributed by atoms with Crippen molar-refractivity contribution in [2.75, 3.05) is 67.6 Å². The van der Waals surface area contributed by atoms with Crippen LogP contribution in [0.15, 0.2) is 36.5 Å². The Balaban J connectivity index is 5.76. The predicted molar refractivity (Wildman–Crippen MR) is 360 cm³/mol. The van der Waals surface area contributed by atoms with Crippen molar-refractivity contribution in [1.82, 2.24) is 0 Å². The fourth-order valence-electron chi connectivity index (χ4n) is 10.9. The van der Waals surface area contributed by atoms with Crippen molar-refractivity contribution in [3.63, 3.8) is 0 Å². The molecule has 0 aliphatic rings. The standard InChI is InChI=1S/C73H134N2O15/c1-11-16-21-23-25-27-29-31-33-44-55-74(7,8)57-72(83)89-67(50-36-19-14-4)64(78)47-39-42-53-70(81)86-60-62(59-85-69(80)52-41-38-46-63(77)66(87-61(6)76)49-35-18-13-3)88-71(82)54-43-40-48-65(79)68(51-37-20-15-5)90-73(84)58-75(9,10)56-45-34-32-30-28-26-24-22-17-12-2/h38-43,62-68,77-79H,11-37,44-60H2,1-10H3/q+2. The first-order chi connectivity index (χ1) is 43.1. The lowest BCUT2D eigenvalue weighted by Crippen LogP contribution is -2.46. The summed E-state index contributed by atoms with van der Waals surface area (Å²) in [4.78, 5) is 77.6. The molecule has 17 nitrogen and oxygen atoms in total. The quantitative estimate of drug-likeness (QED) is 0.0170. The Morgan fingerprint density at radius 1 is 0.344 bits per heavy atom. The number of carbonyl (C=O) groups excluding carboxylic acids is 6. The Bertz CT molecular complexity index is 1920. The second-order valence-electron chi connectivity index (χ2n) is 26.6. The van der Waals surface area contributed by atoms with Gasteiger partial charge in [-0.1, -0.05) is 212 Å². The normalized spacial score (nSPS) is 14.5. The highest BCUT2D eigenvalue weighted by atomic mass is 16.6. The van der Waals surface area contributed by atoms with Crippen LogP contribution in [0.3, 0.4) is 0 Å². The van der Waals surface area contributed by atoms with Gasteiger partial charge in [0, 0.05) is 6.92 Å². The highest BCUT2D eigenvalue weighted by Gasteiger charge is 2.29. The zero-order valence-corrected chi connectivity index (χ0v) is 58.8. The number of unbranched alkanes of at least 4 members (excludes halogenated alkanes) is 24. The first kappa shape index (κ1) is 85.8. The van der Waals surface area contributed by atoms with Crippen molar-refractivity contribution in [3.05, 3.63) is 36.5 Å². The maximum absolute atomic E-state index is 13.3. The van der Waals surface area contributed by atoms with E-state index in [0.717, 1.165) is 96.6 Å². The number of aliphatic hydroxyl groups excluding tert-OH is 3. The molecule has 17 heteroatoms. The zero-order valence-electron chi connectivity index (χ0n) is 58.8. The van der Waals surface area contributed by atoms with Crippen molar-refractivity contribution in [1.29, 1.82) is 0 Å². The van der Waals surface area contributed by atoms with Gasteiger partial charge in [0.05, 0.1) is 78.9 Å². The molecule has 0 heterocycles. The lowest BCUT2D eigenvalue weighted by Gasteiger charge is -2.30. The van der Waals surface area contributed by atoms with E-state index in [1.807, 2.05) is 28.2 Å². The van der Waals surface area contributed by atoms with Crippen LogP contribution in [-0.2, 0) is 57.2 Å². The number of esters is 6. The predicted octanol–water partition coefficient (Wildman–Crippen LogP) is 14.6. The average molecular weight is 1280 g/mol. The molecule has 0 aromatic heterocycles. The van der Waals surface area contributed by atoms with E-state index in [9.17, 15) is 44.1 Å². The Hall–Kier alpha value is -4.16. The van der Waals surface area contributed by atoms with Crippen LogP contribution < -0.4 is 0 Å². The van der Waals surface area contributed by atoms with E-state index in [4.69, 9.17) is 28.4 Å². The minimum atomic E-state index is -1.18. The van der Waals surface area contributed by atoms with Crippen molar-refractivity contribution in [3.8, 4) is 0 Å². The van der Waals surface area contributed by atoms with Crippen LogP contribution in [0, 0.1) is 0 Å². The summed E-state index contributed by atoms with van der Waals surface area (Å²) in [6, 6.07) is 0. The summed E-state index contributed by atoms with van der Waals surface area (Å²) < 4.78 is 34.9. The third-order valence-electron chi connectivity index (χ3n) is 16.4. The Kier molecular flexibility index (Phi) is 53.8. The van der Waals surface area contributed by atoms with Gasteiger partial charge in [0.2, 0.25) is 0 Å². The largest absolute Gasteiger partial charge is 0.461 e. The molecule has 0 saturated carbocycles. The summed E-state index contributed by atoms with van der Waals surface area (Å²) in [7, 11) is 8.14. The molecule has 3 N–H and O–H groups in total. The summed E-state index contributed by atoms with van der Waals surface area (Å²) >= 11 is 0. The van der Waals surface area contributed by atoms with Gasteiger partial charge < -0.3 is 52.7 Å². The summed E-state index contributed by atoms with van der Waals surface area (Å²) in [5.74, 6) is -3.23. The molecular formula is C73H134N2O15+2. The van der Waals surface area contributed by atoms with Crippen LogP contribution in [0.25, 0.3) is 0 Å². The second-order valence-corrected chi connectivity index (χ2v) is 26.6. The van der Waals surface area contributed by atoms with Gasteiger partial charge in [-0.05, 0) is 83.5 Å². The van der Waals surface area contributed by atoms with Crippen LogP contribution in [0.5, 0.6) is 0 Å². The molecule has 0 spiro atoms. The van der Waals surface area contributed by atoms with E-state index in [-0.39, 0.29) is 63.6 Å². The van der Waals surface area contributed by atoms with E-state index in [2.05, 4.69) is 34.6 Å². The Morgan fingerprint density at radius 3 is 0.933 bits per heavy atom. The van der Waals surface area contributed by atoms with Gasteiger partial charge in [0.1, 0.15) is 31.5 Å². The molecule has 0 bridgehead atoms. The molecule has 7 unspecified atom stereocenters. The molecule has 90 heavy (non-hydrogen) atoms. The minimum absolute atomic E-state index is 0.118. The molecule has 524 valence electrons.